The van der Waals surface area contributed by atoms with E-state index >= 15 is 0 Å². The van der Waals surface area contributed by atoms with Crippen molar-refractivity contribution >= 4 is 17.6 Å². The first-order valence-corrected chi connectivity index (χ1v) is 4.98. The van der Waals surface area contributed by atoms with E-state index in [0.717, 1.165) is 5.56 Å². The van der Waals surface area contributed by atoms with Gasteiger partial charge in [0.1, 0.15) is 6.04 Å². The molecule has 84 valence electrons. The Morgan fingerprint density at radius 1 is 1.69 bits per heavy atom. The van der Waals surface area contributed by atoms with E-state index in [4.69, 9.17) is 22.6 Å². The van der Waals surface area contributed by atoms with E-state index in [1.807, 2.05) is 6.07 Å². The fourth-order valence-electron chi connectivity index (χ4n) is 1.25. The molecule has 1 rings (SSSR count). The summed E-state index contributed by atoms with van der Waals surface area (Å²) in [7, 11) is 1.28. The molecule has 1 aromatic carbocycles. The monoisotopic (exact) mass is 238 g/mol. The van der Waals surface area contributed by atoms with Crippen LogP contribution in [0.5, 0.6) is 0 Å². The molecule has 0 bridgehead atoms. The van der Waals surface area contributed by atoms with Crippen molar-refractivity contribution in [3.63, 3.8) is 0 Å². The van der Waals surface area contributed by atoms with Crippen LogP contribution in [0.4, 0.5) is 0 Å². The molecule has 0 spiro atoms. The molecule has 0 saturated carbocycles. The molecule has 0 aliphatic rings. The van der Waals surface area contributed by atoms with Crippen LogP contribution in [0.15, 0.2) is 18.2 Å². The van der Waals surface area contributed by atoms with Gasteiger partial charge in [-0.15, -0.1) is 0 Å². The highest BCUT2D eigenvalue weighted by atomic mass is 35.5. The summed E-state index contributed by atoms with van der Waals surface area (Å²) < 4.78 is 4.51. The Balaban J connectivity index is 2.83. The molecule has 0 aliphatic carbocycles. The van der Waals surface area contributed by atoms with Crippen LogP contribution >= 0.6 is 11.6 Å². The molecule has 16 heavy (non-hydrogen) atoms. The number of ether oxygens (including phenoxy) is 1. The second-order valence-corrected chi connectivity index (χ2v) is 3.66. The zero-order valence-corrected chi connectivity index (χ0v) is 9.49. The molecule has 1 aromatic rings. The van der Waals surface area contributed by atoms with Gasteiger partial charge in [-0.05, 0) is 24.1 Å². The van der Waals surface area contributed by atoms with Crippen molar-refractivity contribution in [1.29, 1.82) is 5.26 Å². The second-order valence-electron chi connectivity index (χ2n) is 3.25. The van der Waals surface area contributed by atoms with Gasteiger partial charge in [-0.25, -0.2) is 0 Å². The van der Waals surface area contributed by atoms with Crippen molar-refractivity contribution in [3.8, 4) is 6.07 Å². The molecule has 0 aromatic heterocycles. The molecular formula is C11H11ClN2O2. The normalized spacial score (nSPS) is 11.6. The minimum absolute atomic E-state index is 0.289. The molecule has 2 N–H and O–H groups in total. The molecule has 0 aliphatic heterocycles. The number of benzene rings is 1. The van der Waals surface area contributed by atoms with Crippen LogP contribution in [-0.4, -0.2) is 19.1 Å². The average Bonchev–Trinajstić information content (AvgIpc) is 2.30. The number of hydrogen-bond donors (Lipinski definition) is 1. The molecule has 5 heteroatoms. The van der Waals surface area contributed by atoms with Gasteiger partial charge < -0.3 is 10.5 Å². The zero-order valence-electron chi connectivity index (χ0n) is 8.74. The first-order chi connectivity index (χ1) is 7.58. The Morgan fingerprint density at radius 2 is 2.38 bits per heavy atom. The van der Waals surface area contributed by atoms with Gasteiger partial charge in [-0.3, -0.25) is 4.79 Å². The van der Waals surface area contributed by atoms with E-state index in [1.165, 1.54) is 7.11 Å². The van der Waals surface area contributed by atoms with Crippen molar-refractivity contribution in [3.05, 3.63) is 34.3 Å². The van der Waals surface area contributed by atoms with E-state index < -0.39 is 12.0 Å². The van der Waals surface area contributed by atoms with Crippen molar-refractivity contribution < 1.29 is 9.53 Å². The van der Waals surface area contributed by atoms with Crippen molar-refractivity contribution in [2.24, 2.45) is 5.73 Å². The summed E-state index contributed by atoms with van der Waals surface area (Å²) in [6, 6.07) is 6.09. The number of nitrogens with two attached hydrogens (primary N) is 1. The highest BCUT2D eigenvalue weighted by Crippen LogP contribution is 2.19. The lowest BCUT2D eigenvalue weighted by Gasteiger charge is -2.10. The molecule has 0 heterocycles. The van der Waals surface area contributed by atoms with Gasteiger partial charge in [0.2, 0.25) is 0 Å². The Morgan fingerprint density at radius 3 is 2.88 bits per heavy atom. The van der Waals surface area contributed by atoms with Crippen LogP contribution < -0.4 is 5.73 Å². The zero-order chi connectivity index (χ0) is 12.1. The number of nitriles is 1. The summed E-state index contributed by atoms with van der Waals surface area (Å²) in [6.45, 7) is 0. The Kier molecular flexibility index (Phi) is 4.29. The van der Waals surface area contributed by atoms with Crippen molar-refractivity contribution in [1.82, 2.24) is 0 Å². The maximum atomic E-state index is 11.1. The van der Waals surface area contributed by atoms with E-state index in [0.29, 0.717) is 10.6 Å². The van der Waals surface area contributed by atoms with E-state index in [2.05, 4.69) is 4.74 Å². The fraction of sp³-hybridized carbons (Fsp3) is 0.273. The average molecular weight is 239 g/mol. The standard InChI is InChI=1S/C11H11ClN2O2/c1-16-11(15)10(14)5-8-3-2-7(6-13)4-9(8)12/h2-4,10H,5,14H2,1H3/t10-/m0/s1. The van der Waals surface area contributed by atoms with Gasteiger partial charge in [0.05, 0.1) is 18.7 Å². The summed E-state index contributed by atoms with van der Waals surface area (Å²) in [6.07, 6.45) is 0.289. The smallest absolute Gasteiger partial charge is 0.322 e. The summed E-state index contributed by atoms with van der Waals surface area (Å²) in [4.78, 5) is 11.1. The number of rotatable bonds is 3. The van der Waals surface area contributed by atoms with Gasteiger partial charge in [-0.2, -0.15) is 5.26 Å². The van der Waals surface area contributed by atoms with Crippen LogP contribution in [0.2, 0.25) is 5.02 Å². The number of nitrogens with zero attached hydrogens (tertiary/aromatic N) is 1. The van der Waals surface area contributed by atoms with Gasteiger partial charge >= 0.3 is 5.97 Å². The molecule has 0 saturated heterocycles. The molecule has 4 nitrogen and oxygen atoms in total. The number of esters is 1. The Hall–Kier alpha value is -1.57. The second kappa shape index (κ2) is 5.50. The SMILES string of the molecule is COC(=O)[C@@H](N)Cc1ccc(C#N)cc1Cl. The highest BCUT2D eigenvalue weighted by molar-refractivity contribution is 6.31. The lowest BCUT2D eigenvalue weighted by atomic mass is 10.0. The quantitative estimate of drug-likeness (QED) is 0.805. The van der Waals surface area contributed by atoms with Gasteiger partial charge in [0.25, 0.3) is 0 Å². The maximum Gasteiger partial charge on any atom is 0.322 e. The van der Waals surface area contributed by atoms with Crippen LogP contribution in [-0.2, 0) is 16.0 Å². The molecular weight excluding hydrogens is 228 g/mol. The highest BCUT2D eigenvalue weighted by Gasteiger charge is 2.15. The molecule has 0 radical (unpaired) electrons. The van der Waals surface area contributed by atoms with Crippen molar-refractivity contribution in [2.45, 2.75) is 12.5 Å². The summed E-state index contributed by atoms with van der Waals surface area (Å²) in [5, 5.41) is 9.08. The van der Waals surface area contributed by atoms with Gasteiger partial charge in [0.15, 0.2) is 0 Å². The molecule has 0 fully saturated rings. The Labute approximate surface area is 98.6 Å². The van der Waals surface area contributed by atoms with Gasteiger partial charge in [-0.1, -0.05) is 17.7 Å². The first-order valence-electron chi connectivity index (χ1n) is 4.60. The van der Waals surface area contributed by atoms with E-state index in [1.54, 1.807) is 18.2 Å². The van der Waals surface area contributed by atoms with Crippen LogP contribution in [0.3, 0.4) is 0 Å². The lowest BCUT2D eigenvalue weighted by molar-refractivity contribution is -0.142. The predicted octanol–water partition coefficient (Wildman–Crippen LogP) is 1.25. The number of carbonyl (C=O) groups excluding carboxylic acids is 1. The Bertz CT molecular complexity index is 440. The lowest BCUT2D eigenvalue weighted by Crippen LogP contribution is -2.33. The number of methoxy groups -OCH3 is 1. The predicted molar refractivity (Wildman–Crippen MR) is 59.9 cm³/mol. The third kappa shape index (κ3) is 2.96. The van der Waals surface area contributed by atoms with E-state index in [-0.39, 0.29) is 6.42 Å². The number of hydrogen-bond acceptors (Lipinski definition) is 4. The molecule has 0 unspecified atom stereocenters. The van der Waals surface area contributed by atoms with Crippen LogP contribution in [0.25, 0.3) is 0 Å². The maximum absolute atomic E-state index is 11.1. The topological polar surface area (TPSA) is 76.1 Å². The minimum Gasteiger partial charge on any atom is -0.468 e. The molecule has 0 amide bonds. The van der Waals surface area contributed by atoms with Gasteiger partial charge in [0, 0.05) is 5.02 Å². The summed E-state index contributed by atoms with van der Waals surface area (Å²) in [5.74, 6) is -0.486. The minimum atomic E-state index is -0.740. The largest absolute Gasteiger partial charge is 0.468 e. The van der Waals surface area contributed by atoms with Crippen LogP contribution in [0, 0.1) is 11.3 Å². The van der Waals surface area contributed by atoms with Crippen molar-refractivity contribution in [2.75, 3.05) is 7.11 Å². The molecule has 1 atom stereocenters. The number of halogens is 1. The third-order valence-electron chi connectivity index (χ3n) is 2.13. The van der Waals surface area contributed by atoms with Crippen LogP contribution in [0.1, 0.15) is 11.1 Å². The third-order valence-corrected chi connectivity index (χ3v) is 2.48. The first kappa shape index (κ1) is 12.5. The fourth-order valence-corrected chi connectivity index (χ4v) is 1.51. The summed E-state index contributed by atoms with van der Waals surface area (Å²) in [5.41, 5.74) is 6.79. The number of carbonyl (C=O) groups is 1. The summed E-state index contributed by atoms with van der Waals surface area (Å²) >= 11 is 5.94. The van der Waals surface area contributed by atoms with E-state index in [9.17, 15) is 4.79 Å².